The van der Waals surface area contributed by atoms with Gasteiger partial charge in [0.25, 0.3) is 11.8 Å². The van der Waals surface area contributed by atoms with Gasteiger partial charge in [0.15, 0.2) is 0 Å². The Morgan fingerprint density at radius 1 is 1.04 bits per heavy atom. The molecule has 0 saturated carbocycles. The molecule has 3 rings (SSSR count). The van der Waals surface area contributed by atoms with Gasteiger partial charge in [-0.15, -0.1) is 11.8 Å². The number of hydrogen-bond donors (Lipinski definition) is 0. The van der Waals surface area contributed by atoms with Crippen LogP contribution in [0.5, 0.6) is 5.75 Å². The van der Waals surface area contributed by atoms with Crippen LogP contribution in [0.4, 0.5) is 4.39 Å². The monoisotopic (exact) mass is 399 g/mol. The first-order valence-corrected chi connectivity index (χ1v) is 10.1. The van der Waals surface area contributed by atoms with Crippen molar-refractivity contribution in [3.05, 3.63) is 70.4 Å². The van der Waals surface area contributed by atoms with E-state index in [1.54, 1.807) is 42.5 Å². The third kappa shape index (κ3) is 4.12. The Morgan fingerprint density at radius 2 is 1.71 bits per heavy atom. The number of carbonyl (C=O) groups excluding carboxylic acids is 2. The van der Waals surface area contributed by atoms with Crippen LogP contribution in [0.1, 0.15) is 31.9 Å². The van der Waals surface area contributed by atoms with E-state index < -0.39 is 11.7 Å². The Morgan fingerprint density at radius 3 is 2.32 bits per heavy atom. The number of ether oxygens (including phenoxy) is 1. The average molecular weight is 399 g/mol. The molecule has 0 N–H and O–H groups in total. The van der Waals surface area contributed by atoms with Crippen LogP contribution in [0.25, 0.3) is 5.57 Å². The molecule has 0 unspecified atom stereocenters. The summed E-state index contributed by atoms with van der Waals surface area (Å²) < 4.78 is 19.7. The molecule has 1 heterocycles. The molecular weight excluding hydrogens is 377 g/mol. The summed E-state index contributed by atoms with van der Waals surface area (Å²) in [7, 11) is 0. The second-order valence-electron chi connectivity index (χ2n) is 6.62. The number of nitrogens with zero attached hydrogens (tertiary/aromatic N) is 1. The molecule has 2 amide bonds. The minimum Gasteiger partial charge on any atom is -0.491 e. The van der Waals surface area contributed by atoms with Crippen LogP contribution in [0.15, 0.2) is 53.4 Å². The van der Waals surface area contributed by atoms with E-state index in [2.05, 4.69) is 0 Å². The van der Waals surface area contributed by atoms with Crippen LogP contribution < -0.4 is 4.74 Å². The molecule has 2 aromatic rings. The summed E-state index contributed by atoms with van der Waals surface area (Å²) in [5, 5.41) is 0. The first kappa shape index (κ1) is 20.1. The van der Waals surface area contributed by atoms with Crippen LogP contribution in [-0.2, 0) is 16.1 Å². The molecule has 1 aliphatic heterocycles. The summed E-state index contributed by atoms with van der Waals surface area (Å²) in [6.07, 6.45) is 0.0437. The van der Waals surface area contributed by atoms with E-state index in [0.717, 1.165) is 4.90 Å². The van der Waals surface area contributed by atoms with E-state index in [4.69, 9.17) is 4.74 Å². The summed E-state index contributed by atoms with van der Waals surface area (Å²) in [6.45, 7) is 5.71. The summed E-state index contributed by atoms with van der Waals surface area (Å²) in [6, 6.07) is 13.3. The van der Waals surface area contributed by atoms with E-state index in [0.29, 0.717) is 33.1 Å². The lowest BCUT2D eigenvalue weighted by molar-refractivity contribution is -0.137. The zero-order chi connectivity index (χ0) is 20.3. The molecule has 28 heavy (non-hydrogen) atoms. The SMILES string of the molecule is CCSC1=C(c2ccc(OC(C)C)cc2)C(=O)N(Cc2ccccc2F)C1=O. The molecule has 0 aliphatic carbocycles. The third-order valence-corrected chi connectivity index (χ3v) is 5.17. The molecule has 146 valence electrons. The maximum atomic E-state index is 14.0. The Kier molecular flexibility index (Phi) is 6.19. The molecule has 1 aliphatic rings. The van der Waals surface area contributed by atoms with E-state index >= 15 is 0 Å². The van der Waals surface area contributed by atoms with E-state index in [1.165, 1.54) is 17.8 Å². The zero-order valence-electron chi connectivity index (χ0n) is 16.1. The van der Waals surface area contributed by atoms with Crippen LogP contribution in [0.3, 0.4) is 0 Å². The van der Waals surface area contributed by atoms with Crippen LogP contribution >= 0.6 is 11.8 Å². The van der Waals surface area contributed by atoms with Gasteiger partial charge in [-0.1, -0.05) is 37.3 Å². The summed E-state index contributed by atoms with van der Waals surface area (Å²) in [5.74, 6) is 0.139. The van der Waals surface area contributed by atoms with Crippen molar-refractivity contribution in [2.45, 2.75) is 33.4 Å². The van der Waals surface area contributed by atoms with Crippen LogP contribution in [0.2, 0.25) is 0 Å². The second kappa shape index (κ2) is 8.61. The Hall–Kier alpha value is -2.60. The summed E-state index contributed by atoms with van der Waals surface area (Å²) in [5.41, 5.74) is 1.33. The minimum absolute atomic E-state index is 0.0437. The van der Waals surface area contributed by atoms with Crippen molar-refractivity contribution in [1.82, 2.24) is 4.90 Å². The maximum Gasteiger partial charge on any atom is 0.268 e. The largest absolute Gasteiger partial charge is 0.491 e. The molecule has 0 fully saturated rings. The van der Waals surface area contributed by atoms with Gasteiger partial charge in [-0.3, -0.25) is 14.5 Å². The highest BCUT2D eigenvalue weighted by molar-refractivity contribution is 8.04. The second-order valence-corrected chi connectivity index (χ2v) is 7.89. The smallest absolute Gasteiger partial charge is 0.268 e. The molecule has 0 aromatic heterocycles. The van der Waals surface area contributed by atoms with Gasteiger partial charge in [0.2, 0.25) is 0 Å². The lowest BCUT2D eigenvalue weighted by Gasteiger charge is -2.15. The average Bonchev–Trinajstić information content (AvgIpc) is 2.88. The number of carbonyl (C=O) groups is 2. The highest BCUT2D eigenvalue weighted by atomic mass is 32.2. The highest BCUT2D eigenvalue weighted by Gasteiger charge is 2.39. The molecular formula is C22H22FNO3S. The molecule has 0 spiro atoms. The fourth-order valence-electron chi connectivity index (χ4n) is 3.00. The molecule has 0 atom stereocenters. The highest BCUT2D eigenvalue weighted by Crippen LogP contribution is 2.37. The molecule has 0 radical (unpaired) electrons. The molecule has 2 aromatic carbocycles. The number of amides is 2. The van der Waals surface area contributed by atoms with Crippen LogP contribution in [0, 0.1) is 5.82 Å². The number of imide groups is 1. The predicted molar refractivity (Wildman–Crippen MR) is 109 cm³/mol. The number of thioether (sulfide) groups is 1. The Bertz CT molecular complexity index is 922. The predicted octanol–water partition coefficient (Wildman–Crippen LogP) is 4.65. The maximum absolute atomic E-state index is 14.0. The Balaban J connectivity index is 1.92. The van der Waals surface area contributed by atoms with Gasteiger partial charge in [-0.25, -0.2) is 4.39 Å². The Labute approximate surface area is 168 Å². The first-order chi connectivity index (χ1) is 13.4. The number of hydrogen-bond acceptors (Lipinski definition) is 4. The number of rotatable bonds is 7. The minimum atomic E-state index is -0.434. The number of halogens is 1. The van der Waals surface area contributed by atoms with Crippen LogP contribution in [-0.4, -0.2) is 28.6 Å². The van der Waals surface area contributed by atoms with Gasteiger partial charge < -0.3 is 4.74 Å². The van der Waals surface area contributed by atoms with E-state index in [1.807, 2.05) is 20.8 Å². The van der Waals surface area contributed by atoms with Crippen molar-refractivity contribution in [3.63, 3.8) is 0 Å². The van der Waals surface area contributed by atoms with Gasteiger partial charge >= 0.3 is 0 Å². The zero-order valence-corrected chi connectivity index (χ0v) is 16.9. The van der Waals surface area contributed by atoms with Crippen molar-refractivity contribution in [2.75, 3.05) is 5.75 Å². The molecule has 0 saturated heterocycles. The van der Waals surface area contributed by atoms with E-state index in [-0.39, 0.29) is 18.6 Å². The standard InChI is InChI=1S/C22H22FNO3S/c1-4-28-20-19(15-9-11-17(12-10-15)27-14(2)3)21(25)24(22(20)26)13-16-7-5-6-8-18(16)23/h5-12,14H,4,13H2,1-3H3. The fourth-order valence-corrected chi connectivity index (χ4v) is 3.87. The van der Waals surface area contributed by atoms with Crippen molar-refractivity contribution in [2.24, 2.45) is 0 Å². The van der Waals surface area contributed by atoms with Crippen molar-refractivity contribution in [3.8, 4) is 5.75 Å². The fraction of sp³-hybridized carbons (Fsp3) is 0.273. The van der Waals surface area contributed by atoms with Crippen molar-refractivity contribution in [1.29, 1.82) is 0 Å². The topological polar surface area (TPSA) is 46.6 Å². The molecule has 0 bridgehead atoms. The van der Waals surface area contributed by atoms with Gasteiger partial charge in [0.1, 0.15) is 11.6 Å². The van der Waals surface area contributed by atoms with Gasteiger partial charge in [0, 0.05) is 5.56 Å². The van der Waals surface area contributed by atoms with Gasteiger partial charge in [-0.05, 0) is 43.4 Å². The summed E-state index contributed by atoms with van der Waals surface area (Å²) >= 11 is 1.33. The quantitative estimate of drug-likeness (QED) is 0.636. The molecule has 4 nitrogen and oxygen atoms in total. The molecule has 6 heteroatoms. The van der Waals surface area contributed by atoms with E-state index in [9.17, 15) is 14.0 Å². The van der Waals surface area contributed by atoms with Gasteiger partial charge in [0.05, 0.1) is 23.1 Å². The summed E-state index contributed by atoms with van der Waals surface area (Å²) in [4.78, 5) is 27.5. The van der Waals surface area contributed by atoms with Gasteiger partial charge in [-0.2, -0.15) is 0 Å². The normalized spacial score (nSPS) is 14.4. The lowest BCUT2D eigenvalue weighted by atomic mass is 10.1. The van der Waals surface area contributed by atoms with Crippen molar-refractivity contribution < 1.29 is 18.7 Å². The number of benzene rings is 2. The lowest BCUT2D eigenvalue weighted by Crippen LogP contribution is -2.31. The van der Waals surface area contributed by atoms with Crippen molar-refractivity contribution >= 4 is 29.1 Å². The third-order valence-electron chi connectivity index (χ3n) is 4.22. The first-order valence-electron chi connectivity index (χ1n) is 9.16.